The average Bonchev–Trinajstić information content (AvgIpc) is 3.56. The van der Waals surface area contributed by atoms with Crippen molar-refractivity contribution in [3.63, 3.8) is 0 Å². The Morgan fingerprint density at radius 1 is 1.19 bits per heavy atom. The Kier molecular flexibility index (Phi) is 15.9. The van der Waals surface area contributed by atoms with Gasteiger partial charge in [-0.1, -0.05) is 64.8 Å². The second-order valence-electron chi connectivity index (χ2n) is 8.40. The van der Waals surface area contributed by atoms with Crippen LogP contribution in [0.1, 0.15) is 69.8 Å². The summed E-state index contributed by atoms with van der Waals surface area (Å²) in [5, 5.41) is 7.59. The number of anilines is 1. The molecule has 0 saturated heterocycles. The molecule has 2 amide bonds. The summed E-state index contributed by atoms with van der Waals surface area (Å²) in [7, 11) is 5.48. The molecule has 1 unspecified atom stereocenters. The van der Waals surface area contributed by atoms with Gasteiger partial charge in [0.25, 0.3) is 5.91 Å². The van der Waals surface area contributed by atoms with E-state index < -0.39 is 0 Å². The van der Waals surface area contributed by atoms with E-state index in [1.807, 2.05) is 50.4 Å². The van der Waals surface area contributed by atoms with Crippen LogP contribution in [0.2, 0.25) is 0 Å². The largest absolute Gasteiger partial charge is 0.409 e. The van der Waals surface area contributed by atoms with Gasteiger partial charge >= 0.3 is 0 Å². The molecule has 37 heavy (non-hydrogen) atoms. The van der Waals surface area contributed by atoms with Gasteiger partial charge in [0.05, 0.1) is 17.8 Å². The van der Waals surface area contributed by atoms with Gasteiger partial charge in [-0.3, -0.25) is 9.59 Å². The van der Waals surface area contributed by atoms with Crippen molar-refractivity contribution in [1.82, 2.24) is 14.8 Å². The molecule has 2 heterocycles. The molecular weight excluding hydrogens is 483 g/mol. The van der Waals surface area contributed by atoms with Crippen molar-refractivity contribution in [3.8, 4) is 11.3 Å². The molecule has 3 rings (SSSR count). The van der Waals surface area contributed by atoms with E-state index in [9.17, 15) is 9.59 Å². The lowest BCUT2D eigenvalue weighted by Gasteiger charge is -2.07. The van der Waals surface area contributed by atoms with Gasteiger partial charge in [-0.15, -0.1) is 11.3 Å². The van der Waals surface area contributed by atoms with Crippen molar-refractivity contribution < 1.29 is 14.3 Å². The highest BCUT2D eigenvalue weighted by Gasteiger charge is 2.11. The topological polar surface area (TPSA) is 85.2 Å². The molecule has 2 aromatic heterocycles. The van der Waals surface area contributed by atoms with Gasteiger partial charge in [-0.25, -0.2) is 4.98 Å². The van der Waals surface area contributed by atoms with Crippen LogP contribution in [-0.4, -0.2) is 49.0 Å². The van der Waals surface area contributed by atoms with Gasteiger partial charge in [0.15, 0.2) is 5.13 Å². The summed E-state index contributed by atoms with van der Waals surface area (Å²) in [6.07, 6.45) is 6.66. The number of rotatable bonds is 11. The summed E-state index contributed by atoms with van der Waals surface area (Å²) in [4.78, 5) is 28.2. The Hall–Kier alpha value is -2.91. The number of nitrogens with one attached hydrogen (secondary N) is 2. The quantitative estimate of drug-likeness (QED) is 0.235. The summed E-state index contributed by atoms with van der Waals surface area (Å²) in [6, 6.07) is 9.55. The van der Waals surface area contributed by atoms with Gasteiger partial charge in [-0.2, -0.15) is 0 Å². The Balaban J connectivity index is 0.000000483. The molecule has 0 aliphatic heterocycles. The zero-order chi connectivity index (χ0) is 27.6. The van der Waals surface area contributed by atoms with Gasteiger partial charge in [-0.05, 0) is 44.0 Å². The second kappa shape index (κ2) is 18.4. The fraction of sp³-hybridized carbons (Fsp3) is 0.464. The van der Waals surface area contributed by atoms with Crippen LogP contribution in [0.5, 0.6) is 0 Å². The maximum absolute atomic E-state index is 12.0. The number of ether oxygens (including phenoxy) is 1. The van der Waals surface area contributed by atoms with Crippen LogP contribution in [-0.2, 0) is 9.53 Å². The smallest absolute Gasteiger partial charge is 0.253 e. The van der Waals surface area contributed by atoms with Crippen molar-refractivity contribution in [2.45, 2.75) is 60.8 Å². The number of aromatic nitrogens is 2. The van der Waals surface area contributed by atoms with Gasteiger partial charge in [0.2, 0.25) is 13.9 Å². The third-order valence-electron chi connectivity index (χ3n) is 5.25. The Morgan fingerprint density at radius 2 is 1.95 bits per heavy atom. The molecule has 1 aromatic carbocycles. The zero-order valence-electron chi connectivity index (χ0n) is 23.0. The molecule has 9 heteroatoms. The van der Waals surface area contributed by atoms with Crippen LogP contribution in [0.25, 0.3) is 11.3 Å². The fourth-order valence-electron chi connectivity index (χ4n) is 2.98. The van der Waals surface area contributed by atoms with E-state index in [1.165, 1.54) is 34.9 Å². The lowest BCUT2D eigenvalue weighted by molar-refractivity contribution is -0.115. The number of amides is 2. The monoisotopic (exact) mass is 524 g/mol. The summed E-state index contributed by atoms with van der Waals surface area (Å²) in [5.74, 6) is 0.126. The fourth-order valence-corrected chi connectivity index (χ4v) is 3.71. The molecule has 0 aliphatic carbocycles. The molecule has 0 saturated carbocycles. The van der Waals surface area contributed by atoms with E-state index in [0.717, 1.165) is 42.4 Å². The first-order valence-corrected chi connectivity index (χ1v) is 13.8. The molecule has 2 N–H and O–H groups in total. The molecule has 200 valence electrons. The lowest BCUT2D eigenvalue weighted by Crippen LogP contribution is -2.32. The van der Waals surface area contributed by atoms with E-state index in [0.29, 0.717) is 10.7 Å². The number of thiazole rings is 1. The molecule has 1 atom stereocenters. The average molecular weight is 525 g/mol. The number of hydrogen-bond donors (Lipinski definition) is 2. The summed E-state index contributed by atoms with van der Waals surface area (Å²) < 4.78 is 6.63. The van der Waals surface area contributed by atoms with Crippen molar-refractivity contribution in [1.29, 1.82) is 0 Å². The third-order valence-corrected chi connectivity index (χ3v) is 6.01. The first-order chi connectivity index (χ1) is 17.8. The highest BCUT2D eigenvalue weighted by atomic mass is 32.1. The minimum Gasteiger partial charge on any atom is -0.409 e. The third kappa shape index (κ3) is 12.8. The first-order valence-electron chi connectivity index (χ1n) is 12.9. The van der Waals surface area contributed by atoms with Gasteiger partial charge in [0.1, 0.15) is 0 Å². The second-order valence-corrected chi connectivity index (χ2v) is 9.26. The van der Waals surface area contributed by atoms with E-state index in [-0.39, 0.29) is 18.4 Å². The van der Waals surface area contributed by atoms with Crippen LogP contribution < -0.4 is 10.6 Å². The predicted octanol–water partition coefficient (Wildman–Crippen LogP) is 6.10. The van der Waals surface area contributed by atoms with Crippen molar-refractivity contribution in [3.05, 3.63) is 59.2 Å². The number of hydrogen-bond acceptors (Lipinski definition) is 5. The Morgan fingerprint density at radius 3 is 2.57 bits per heavy atom. The Labute approximate surface area is 227 Å². The predicted molar refractivity (Wildman–Crippen MR) is 155 cm³/mol. The first kappa shape index (κ1) is 32.1. The molecule has 7 nitrogen and oxygen atoms in total. The van der Waals surface area contributed by atoms with Crippen LogP contribution in [0.3, 0.4) is 0 Å². The molecule has 0 bridgehead atoms. The summed E-state index contributed by atoms with van der Waals surface area (Å²) >= 11 is 1.34. The van der Waals surface area contributed by atoms with E-state index in [2.05, 4.69) is 36.4 Å². The van der Waals surface area contributed by atoms with Crippen LogP contribution in [0.15, 0.2) is 48.1 Å². The minimum atomic E-state index is -0.362. The van der Waals surface area contributed by atoms with Crippen molar-refractivity contribution in [2.24, 2.45) is 5.92 Å². The number of aryl methyl sites for hydroxylation is 1. The highest BCUT2D eigenvalue weighted by molar-refractivity contribution is 7.14. The summed E-state index contributed by atoms with van der Waals surface area (Å²) in [5.41, 5.74) is 3.34. The van der Waals surface area contributed by atoms with Crippen LogP contribution in [0.4, 0.5) is 5.13 Å². The maximum Gasteiger partial charge on any atom is 0.253 e. The van der Waals surface area contributed by atoms with Crippen molar-refractivity contribution in [2.75, 3.05) is 25.1 Å². The number of benzene rings is 1. The zero-order valence-corrected chi connectivity index (χ0v) is 23.9. The molecule has 0 fully saturated rings. The molecule has 2 radical (unpaired) electrons. The summed E-state index contributed by atoms with van der Waals surface area (Å²) in [6.45, 7) is 14.4. The van der Waals surface area contributed by atoms with E-state index in [1.54, 1.807) is 12.3 Å². The number of nitrogens with zero attached hydrogens (tertiary/aromatic N) is 2. The number of carbonyl (C=O) groups excluding carboxylic acids is 2. The Bertz CT molecular complexity index is 1070. The van der Waals surface area contributed by atoms with Crippen molar-refractivity contribution >= 4 is 36.3 Å². The maximum atomic E-state index is 12.0. The van der Waals surface area contributed by atoms with Crippen LogP contribution >= 0.6 is 11.3 Å². The van der Waals surface area contributed by atoms with Crippen LogP contribution in [0, 0.1) is 12.8 Å². The standard InChI is InChI=1S/C17H15BN4O2S.C9H20O.C2H6/c1-11-3-2-4-12(7-11)14-10-25-17(20-14)21-15(23)8-19-16(24)13-5-6-22(18)9-13;1-4-7-10-8-6-9(3)5-2;1-2/h2-7,9-10H,8H2,1H3,(H,19,24)(H,20,21,23);9H,4-8H2,1-3H3;1-2H3. The van der Waals surface area contributed by atoms with Gasteiger partial charge < -0.3 is 19.8 Å². The normalized spacial score (nSPS) is 10.9. The van der Waals surface area contributed by atoms with Gasteiger partial charge in [0, 0.05) is 30.4 Å². The molecule has 0 spiro atoms. The lowest BCUT2D eigenvalue weighted by atomic mass is 10.1. The molecule has 3 aromatic rings. The minimum absolute atomic E-state index is 0.145. The number of carbonyl (C=O) groups is 2. The molecular formula is C28H41BN4O3S. The SMILES string of the molecule is CC.CCCOCCC(C)CC.[B]n1ccc(C(=O)NCC(=O)Nc2nc(-c3cccc(C)c3)cs2)c1. The van der Waals surface area contributed by atoms with E-state index in [4.69, 9.17) is 12.7 Å². The molecule has 0 aliphatic rings. The van der Waals surface area contributed by atoms with E-state index >= 15 is 0 Å². The highest BCUT2D eigenvalue weighted by Crippen LogP contribution is 2.25.